The first-order chi connectivity index (χ1) is 28.7. The van der Waals surface area contributed by atoms with Gasteiger partial charge in [0.2, 0.25) is 0 Å². The van der Waals surface area contributed by atoms with Gasteiger partial charge in [0.1, 0.15) is 22.3 Å². The molecular formula is C56H32O2. The molecule has 11 aromatic carbocycles. The van der Waals surface area contributed by atoms with Crippen LogP contribution in [-0.4, -0.2) is 0 Å². The van der Waals surface area contributed by atoms with Gasteiger partial charge in [-0.3, -0.25) is 0 Å². The summed E-state index contributed by atoms with van der Waals surface area (Å²) in [5.74, 6) is 0. The van der Waals surface area contributed by atoms with Crippen LogP contribution in [0.3, 0.4) is 0 Å². The van der Waals surface area contributed by atoms with E-state index in [1.165, 1.54) is 59.4 Å². The molecule has 0 fully saturated rings. The number of rotatable bonds is 3. The standard InChI is InChI=1S/C56H32O2/c1-6-18-41-33(12-1)17-11-23-42(41)38-28-39(47-31-36-15-4-9-21-45(36)53-51-43-19-7-2-13-34(43)24-26-49(51)57-55(47)53)30-40(29-38)48-32-37-16-5-10-22-46(37)54-52-44-20-8-3-14-35(44)25-27-50(52)58-56(48)54/h1-32H. The van der Waals surface area contributed by atoms with Gasteiger partial charge in [0.05, 0.1) is 0 Å². The average Bonchev–Trinajstić information content (AvgIpc) is 3.89. The molecule has 13 rings (SSSR count). The van der Waals surface area contributed by atoms with Crippen LogP contribution in [0.5, 0.6) is 0 Å². The Kier molecular flexibility index (Phi) is 6.47. The predicted molar refractivity (Wildman–Crippen MR) is 245 cm³/mol. The van der Waals surface area contributed by atoms with Gasteiger partial charge in [0.15, 0.2) is 0 Å². The molecule has 0 saturated carbocycles. The first kappa shape index (κ1) is 31.5. The molecule has 0 bridgehead atoms. The molecule has 2 nitrogen and oxygen atoms in total. The molecule has 0 N–H and O–H groups in total. The van der Waals surface area contributed by atoms with Crippen molar-refractivity contribution in [2.75, 3.05) is 0 Å². The van der Waals surface area contributed by atoms with Crippen LogP contribution in [0.1, 0.15) is 0 Å². The molecule has 2 heteroatoms. The van der Waals surface area contributed by atoms with Crippen molar-refractivity contribution < 1.29 is 8.83 Å². The van der Waals surface area contributed by atoms with Crippen molar-refractivity contribution in [2.24, 2.45) is 0 Å². The summed E-state index contributed by atoms with van der Waals surface area (Å²) in [7, 11) is 0. The van der Waals surface area contributed by atoms with Gasteiger partial charge >= 0.3 is 0 Å². The van der Waals surface area contributed by atoms with E-state index >= 15 is 0 Å². The summed E-state index contributed by atoms with van der Waals surface area (Å²) in [4.78, 5) is 0. The SMILES string of the molecule is c1ccc2c(-c3cc(-c4cc5ccccc5c5c4oc4ccc6ccccc6c45)cc(-c4cc5ccccc5c5c4oc4ccc6ccccc6c45)c3)cccc2c1. The van der Waals surface area contributed by atoms with Crippen LogP contribution in [0.4, 0.5) is 0 Å². The zero-order chi connectivity index (χ0) is 37.9. The lowest BCUT2D eigenvalue weighted by Gasteiger charge is -2.15. The number of furan rings is 2. The van der Waals surface area contributed by atoms with Crippen LogP contribution in [0.25, 0.3) is 131 Å². The maximum absolute atomic E-state index is 7.01. The van der Waals surface area contributed by atoms with E-state index in [2.05, 4.69) is 194 Å². The van der Waals surface area contributed by atoms with Crippen molar-refractivity contribution in [1.82, 2.24) is 0 Å². The minimum absolute atomic E-state index is 0.891. The molecule has 0 unspecified atom stereocenters. The Labute approximate surface area is 332 Å². The van der Waals surface area contributed by atoms with Gasteiger partial charge in [-0.15, -0.1) is 0 Å². The minimum Gasteiger partial charge on any atom is -0.455 e. The lowest BCUT2D eigenvalue weighted by Crippen LogP contribution is -1.89. The molecule has 58 heavy (non-hydrogen) atoms. The van der Waals surface area contributed by atoms with E-state index in [0.29, 0.717) is 0 Å². The van der Waals surface area contributed by atoms with Gasteiger partial charge in [0, 0.05) is 32.7 Å². The van der Waals surface area contributed by atoms with Crippen LogP contribution < -0.4 is 0 Å². The maximum Gasteiger partial charge on any atom is 0.143 e. The largest absolute Gasteiger partial charge is 0.455 e. The highest BCUT2D eigenvalue weighted by Crippen LogP contribution is 2.48. The van der Waals surface area contributed by atoms with E-state index in [-0.39, 0.29) is 0 Å². The zero-order valence-corrected chi connectivity index (χ0v) is 31.3. The molecule has 0 aliphatic heterocycles. The molecule has 0 aliphatic rings. The molecule has 268 valence electrons. The summed E-state index contributed by atoms with van der Waals surface area (Å²) in [6.45, 7) is 0. The normalized spacial score (nSPS) is 12.1. The van der Waals surface area contributed by atoms with E-state index in [9.17, 15) is 0 Å². The second kappa shape index (κ2) is 11.9. The summed E-state index contributed by atoms with van der Waals surface area (Å²) in [5, 5.41) is 16.5. The number of fused-ring (bicyclic) bond motifs is 15. The lowest BCUT2D eigenvalue weighted by molar-refractivity contribution is 0.670. The number of hydrogen-bond donors (Lipinski definition) is 0. The third-order valence-corrected chi connectivity index (χ3v) is 12.4. The summed E-state index contributed by atoms with van der Waals surface area (Å²) in [6, 6.07) is 70.3. The predicted octanol–water partition coefficient (Wildman–Crippen LogP) is 16.3. The van der Waals surface area contributed by atoms with Crippen LogP contribution in [0.15, 0.2) is 203 Å². The third kappa shape index (κ3) is 4.48. The molecule has 0 saturated heterocycles. The van der Waals surface area contributed by atoms with Crippen molar-refractivity contribution in [3.8, 4) is 33.4 Å². The maximum atomic E-state index is 7.01. The summed E-state index contributed by atoms with van der Waals surface area (Å²) in [6.07, 6.45) is 0. The first-order valence-electron chi connectivity index (χ1n) is 19.9. The van der Waals surface area contributed by atoms with E-state index in [1.807, 2.05) is 0 Å². The van der Waals surface area contributed by atoms with Crippen LogP contribution in [0.2, 0.25) is 0 Å². The van der Waals surface area contributed by atoms with E-state index in [0.717, 1.165) is 71.7 Å². The van der Waals surface area contributed by atoms with E-state index in [4.69, 9.17) is 8.83 Å². The summed E-state index contributed by atoms with van der Waals surface area (Å²) >= 11 is 0. The van der Waals surface area contributed by atoms with Crippen molar-refractivity contribution in [1.29, 1.82) is 0 Å². The minimum atomic E-state index is 0.891. The smallest absolute Gasteiger partial charge is 0.143 e. The van der Waals surface area contributed by atoms with E-state index < -0.39 is 0 Å². The fourth-order valence-corrected chi connectivity index (χ4v) is 9.77. The highest BCUT2D eigenvalue weighted by atomic mass is 16.3. The fourth-order valence-electron chi connectivity index (χ4n) is 9.77. The highest BCUT2D eigenvalue weighted by Gasteiger charge is 2.22. The third-order valence-electron chi connectivity index (χ3n) is 12.4. The van der Waals surface area contributed by atoms with Gasteiger partial charge in [-0.1, -0.05) is 152 Å². The molecule has 0 radical (unpaired) electrons. The van der Waals surface area contributed by atoms with Crippen LogP contribution >= 0.6 is 0 Å². The molecule has 2 aromatic heterocycles. The molecule has 0 amide bonds. The average molecular weight is 737 g/mol. The molecule has 0 aliphatic carbocycles. The quantitative estimate of drug-likeness (QED) is 0.181. The van der Waals surface area contributed by atoms with Crippen molar-refractivity contribution in [2.45, 2.75) is 0 Å². The van der Waals surface area contributed by atoms with E-state index in [1.54, 1.807) is 0 Å². The van der Waals surface area contributed by atoms with Crippen molar-refractivity contribution >= 4 is 97.7 Å². The Morgan fingerprint density at radius 1 is 0.241 bits per heavy atom. The monoisotopic (exact) mass is 736 g/mol. The Morgan fingerprint density at radius 3 is 1.09 bits per heavy atom. The Morgan fingerprint density at radius 2 is 0.603 bits per heavy atom. The van der Waals surface area contributed by atoms with Gasteiger partial charge in [-0.05, 0) is 119 Å². The number of hydrogen-bond acceptors (Lipinski definition) is 2. The molecular weight excluding hydrogens is 705 g/mol. The Bertz CT molecular complexity index is 3640. The highest BCUT2D eigenvalue weighted by molar-refractivity contribution is 6.30. The van der Waals surface area contributed by atoms with Crippen LogP contribution in [-0.2, 0) is 0 Å². The molecule has 0 atom stereocenters. The van der Waals surface area contributed by atoms with Crippen LogP contribution in [0, 0.1) is 0 Å². The topological polar surface area (TPSA) is 26.3 Å². The van der Waals surface area contributed by atoms with Gasteiger partial charge < -0.3 is 8.83 Å². The Hall–Kier alpha value is -7.68. The summed E-state index contributed by atoms with van der Waals surface area (Å²) < 4.78 is 14.0. The second-order valence-corrected chi connectivity index (χ2v) is 15.5. The fraction of sp³-hybridized carbons (Fsp3) is 0. The van der Waals surface area contributed by atoms with Crippen molar-refractivity contribution in [3.63, 3.8) is 0 Å². The molecule has 13 aromatic rings. The lowest BCUT2D eigenvalue weighted by atomic mass is 9.88. The number of benzene rings is 11. The first-order valence-corrected chi connectivity index (χ1v) is 19.9. The second-order valence-electron chi connectivity index (χ2n) is 15.5. The van der Waals surface area contributed by atoms with Gasteiger partial charge in [-0.2, -0.15) is 0 Å². The van der Waals surface area contributed by atoms with Gasteiger partial charge in [0.25, 0.3) is 0 Å². The summed E-state index contributed by atoms with van der Waals surface area (Å²) in [5.41, 5.74) is 10.2. The van der Waals surface area contributed by atoms with Crippen molar-refractivity contribution in [3.05, 3.63) is 194 Å². The van der Waals surface area contributed by atoms with Gasteiger partial charge in [-0.25, -0.2) is 0 Å². The molecule has 2 heterocycles. The zero-order valence-electron chi connectivity index (χ0n) is 31.3. The Balaban J connectivity index is 1.18. The molecule has 0 spiro atoms.